The van der Waals surface area contributed by atoms with E-state index in [-0.39, 0.29) is 11.5 Å². The maximum Gasteiger partial charge on any atom is 0.263 e. The highest BCUT2D eigenvalue weighted by molar-refractivity contribution is 7.17. The Kier molecular flexibility index (Phi) is 6.00. The number of amides is 1. The molecule has 0 saturated carbocycles. The molecule has 2 heterocycles. The first-order valence-corrected chi connectivity index (χ1v) is 11.3. The SMILES string of the molecule is CCC(C(=O)Nc1ccccc1)n1cnc2scc(-c3ccc(C(C)C)cc3)c2c1=O. The number of thiophene rings is 1. The lowest BCUT2D eigenvalue weighted by molar-refractivity contribution is -0.119. The summed E-state index contributed by atoms with van der Waals surface area (Å²) in [6.07, 6.45) is 1.97. The van der Waals surface area contributed by atoms with Crippen LogP contribution in [0.5, 0.6) is 0 Å². The third-order valence-corrected chi connectivity index (χ3v) is 6.36. The van der Waals surface area contributed by atoms with E-state index in [1.54, 1.807) is 0 Å². The highest BCUT2D eigenvalue weighted by Gasteiger charge is 2.23. The Bertz CT molecular complexity index is 1260. The average molecular weight is 432 g/mol. The van der Waals surface area contributed by atoms with Crippen LogP contribution in [0.3, 0.4) is 0 Å². The van der Waals surface area contributed by atoms with E-state index in [0.29, 0.717) is 28.2 Å². The highest BCUT2D eigenvalue weighted by Crippen LogP contribution is 2.32. The van der Waals surface area contributed by atoms with E-state index in [4.69, 9.17) is 0 Å². The molecule has 1 unspecified atom stereocenters. The van der Waals surface area contributed by atoms with Crippen molar-refractivity contribution in [3.05, 3.63) is 82.2 Å². The molecule has 2 aromatic carbocycles. The van der Waals surface area contributed by atoms with E-state index < -0.39 is 6.04 Å². The monoisotopic (exact) mass is 431 g/mol. The third kappa shape index (κ3) is 4.16. The number of carbonyl (C=O) groups is 1. The van der Waals surface area contributed by atoms with Crippen LogP contribution in [0.25, 0.3) is 21.3 Å². The molecule has 0 fully saturated rings. The second-order valence-electron chi connectivity index (χ2n) is 7.84. The maximum atomic E-state index is 13.5. The summed E-state index contributed by atoms with van der Waals surface area (Å²) in [4.78, 5) is 31.6. The summed E-state index contributed by atoms with van der Waals surface area (Å²) in [5.41, 5.74) is 3.61. The first kappa shape index (κ1) is 21.0. The molecule has 31 heavy (non-hydrogen) atoms. The second kappa shape index (κ2) is 8.86. The van der Waals surface area contributed by atoms with Crippen LogP contribution in [0, 0.1) is 0 Å². The van der Waals surface area contributed by atoms with Crippen LogP contribution in [-0.2, 0) is 4.79 Å². The lowest BCUT2D eigenvalue weighted by atomic mass is 9.99. The number of fused-ring (bicyclic) bond motifs is 1. The molecule has 0 radical (unpaired) electrons. The van der Waals surface area contributed by atoms with E-state index in [2.05, 4.69) is 36.3 Å². The van der Waals surface area contributed by atoms with Crippen LogP contribution in [0.2, 0.25) is 0 Å². The van der Waals surface area contributed by atoms with Crippen molar-refractivity contribution in [1.82, 2.24) is 9.55 Å². The summed E-state index contributed by atoms with van der Waals surface area (Å²) in [6.45, 7) is 6.21. The topological polar surface area (TPSA) is 64.0 Å². The molecule has 158 valence electrons. The minimum Gasteiger partial charge on any atom is -0.324 e. The predicted octanol–water partition coefficient (Wildman–Crippen LogP) is 5.84. The summed E-state index contributed by atoms with van der Waals surface area (Å²) in [6, 6.07) is 16.9. The molecule has 0 bridgehead atoms. The first-order chi connectivity index (χ1) is 15.0. The first-order valence-electron chi connectivity index (χ1n) is 10.4. The van der Waals surface area contributed by atoms with E-state index >= 15 is 0 Å². The van der Waals surface area contributed by atoms with Gasteiger partial charge in [0.05, 0.1) is 11.7 Å². The smallest absolute Gasteiger partial charge is 0.263 e. The fourth-order valence-electron chi connectivity index (χ4n) is 3.68. The number of nitrogens with one attached hydrogen (secondary N) is 1. The Morgan fingerprint density at radius 1 is 1.10 bits per heavy atom. The van der Waals surface area contributed by atoms with Crippen molar-refractivity contribution in [1.29, 1.82) is 0 Å². The van der Waals surface area contributed by atoms with Crippen LogP contribution < -0.4 is 10.9 Å². The minimum atomic E-state index is -0.638. The molecule has 0 saturated heterocycles. The molecule has 1 amide bonds. The van der Waals surface area contributed by atoms with Crippen molar-refractivity contribution in [2.75, 3.05) is 5.32 Å². The normalized spacial score (nSPS) is 12.3. The average Bonchev–Trinajstić information content (AvgIpc) is 3.21. The Morgan fingerprint density at radius 3 is 2.45 bits per heavy atom. The number of rotatable bonds is 6. The van der Waals surface area contributed by atoms with Crippen molar-refractivity contribution in [3.8, 4) is 11.1 Å². The molecule has 1 atom stereocenters. The van der Waals surface area contributed by atoms with Gasteiger partial charge >= 0.3 is 0 Å². The van der Waals surface area contributed by atoms with Gasteiger partial charge in [0.25, 0.3) is 5.56 Å². The van der Waals surface area contributed by atoms with E-state index in [1.807, 2.05) is 54.8 Å². The zero-order chi connectivity index (χ0) is 22.0. The Balaban J connectivity index is 1.73. The molecule has 6 heteroatoms. The standard InChI is InChI=1S/C25H25N3O2S/c1-4-21(23(29)27-19-8-6-5-7-9-19)28-15-26-24-22(25(28)30)20(14-31-24)18-12-10-17(11-13-18)16(2)3/h5-16,21H,4H2,1-3H3,(H,27,29). The van der Waals surface area contributed by atoms with Gasteiger partial charge in [-0.25, -0.2) is 4.98 Å². The van der Waals surface area contributed by atoms with Crippen molar-refractivity contribution in [2.24, 2.45) is 0 Å². The molecule has 1 N–H and O–H groups in total. The zero-order valence-corrected chi connectivity index (χ0v) is 18.6. The zero-order valence-electron chi connectivity index (χ0n) is 17.8. The van der Waals surface area contributed by atoms with Gasteiger partial charge in [-0.2, -0.15) is 0 Å². The van der Waals surface area contributed by atoms with Gasteiger partial charge in [-0.15, -0.1) is 11.3 Å². The molecule has 0 aliphatic heterocycles. The van der Waals surface area contributed by atoms with Crippen molar-refractivity contribution < 1.29 is 4.79 Å². The molecule has 0 aliphatic carbocycles. The number of para-hydroxylation sites is 1. The minimum absolute atomic E-state index is 0.191. The second-order valence-corrected chi connectivity index (χ2v) is 8.70. The Labute approximate surface area is 185 Å². The fourth-order valence-corrected chi connectivity index (χ4v) is 4.59. The summed E-state index contributed by atoms with van der Waals surface area (Å²) in [7, 11) is 0. The summed E-state index contributed by atoms with van der Waals surface area (Å²) >= 11 is 1.45. The number of hydrogen-bond donors (Lipinski definition) is 1. The van der Waals surface area contributed by atoms with Gasteiger partial charge in [0.2, 0.25) is 5.91 Å². The van der Waals surface area contributed by atoms with Gasteiger partial charge < -0.3 is 5.32 Å². The van der Waals surface area contributed by atoms with Gasteiger partial charge in [-0.1, -0.05) is 63.2 Å². The van der Waals surface area contributed by atoms with Crippen LogP contribution in [0.1, 0.15) is 44.7 Å². The number of benzene rings is 2. The molecular weight excluding hydrogens is 406 g/mol. The van der Waals surface area contributed by atoms with E-state index in [9.17, 15) is 9.59 Å². The molecule has 4 aromatic rings. The number of aromatic nitrogens is 2. The summed E-state index contributed by atoms with van der Waals surface area (Å²) < 4.78 is 1.46. The molecule has 0 aliphatic rings. The lowest BCUT2D eigenvalue weighted by Crippen LogP contribution is -2.33. The van der Waals surface area contributed by atoms with Gasteiger partial charge in [0.15, 0.2) is 0 Å². The summed E-state index contributed by atoms with van der Waals surface area (Å²) in [5, 5.41) is 5.44. The van der Waals surface area contributed by atoms with Crippen molar-refractivity contribution in [3.63, 3.8) is 0 Å². The van der Waals surface area contributed by atoms with Crippen LogP contribution in [0.4, 0.5) is 5.69 Å². The number of anilines is 1. The molecule has 2 aromatic heterocycles. The largest absolute Gasteiger partial charge is 0.324 e. The quantitative estimate of drug-likeness (QED) is 0.417. The summed E-state index contributed by atoms with van der Waals surface area (Å²) in [5.74, 6) is 0.218. The van der Waals surface area contributed by atoms with Gasteiger partial charge in [0.1, 0.15) is 10.9 Å². The molecule has 5 nitrogen and oxygen atoms in total. The fraction of sp³-hybridized carbons (Fsp3) is 0.240. The van der Waals surface area contributed by atoms with Crippen molar-refractivity contribution in [2.45, 2.75) is 39.2 Å². The highest BCUT2D eigenvalue weighted by atomic mass is 32.1. The maximum absolute atomic E-state index is 13.5. The van der Waals surface area contributed by atoms with Gasteiger partial charge in [-0.3, -0.25) is 14.2 Å². The molecule has 4 rings (SSSR count). The molecular formula is C25H25N3O2S. The van der Waals surface area contributed by atoms with Crippen LogP contribution in [0.15, 0.2) is 71.1 Å². The van der Waals surface area contributed by atoms with Crippen LogP contribution >= 0.6 is 11.3 Å². The van der Waals surface area contributed by atoms with E-state index in [1.165, 1.54) is 27.8 Å². The van der Waals surface area contributed by atoms with Crippen LogP contribution in [-0.4, -0.2) is 15.5 Å². The Morgan fingerprint density at radius 2 is 1.81 bits per heavy atom. The van der Waals surface area contributed by atoms with Crippen molar-refractivity contribution >= 4 is 33.1 Å². The molecule has 0 spiro atoms. The van der Waals surface area contributed by atoms with E-state index in [0.717, 1.165) is 11.1 Å². The van der Waals surface area contributed by atoms with Gasteiger partial charge in [0, 0.05) is 16.6 Å². The predicted molar refractivity (Wildman–Crippen MR) is 128 cm³/mol. The number of hydrogen-bond acceptors (Lipinski definition) is 4. The van der Waals surface area contributed by atoms with Gasteiger partial charge in [-0.05, 0) is 35.6 Å². The number of carbonyl (C=O) groups excluding carboxylic acids is 1. The Hall–Kier alpha value is -3.25. The number of nitrogens with zero attached hydrogens (tertiary/aromatic N) is 2. The third-order valence-electron chi connectivity index (χ3n) is 5.47. The lowest BCUT2D eigenvalue weighted by Gasteiger charge is -2.17.